The summed E-state index contributed by atoms with van der Waals surface area (Å²) in [5, 5.41) is 0.316. The van der Waals surface area contributed by atoms with Gasteiger partial charge >= 0.3 is 0 Å². The molecular weight excluding hydrogens is 264 g/mol. The maximum atomic E-state index is 12.5. The fourth-order valence-corrected chi connectivity index (χ4v) is 2.71. The summed E-state index contributed by atoms with van der Waals surface area (Å²) in [5.74, 6) is 0.900. The van der Waals surface area contributed by atoms with E-state index in [0.29, 0.717) is 35.0 Å². The molecule has 19 heavy (non-hydrogen) atoms. The predicted octanol–water partition coefficient (Wildman–Crippen LogP) is 1.46. The minimum atomic E-state index is -0.105. The summed E-state index contributed by atoms with van der Waals surface area (Å²) in [7, 11) is 4.08. The molecule has 5 nitrogen and oxygen atoms in total. The van der Waals surface area contributed by atoms with Crippen molar-refractivity contribution in [2.75, 3.05) is 27.2 Å². The van der Waals surface area contributed by atoms with Crippen molar-refractivity contribution in [2.24, 2.45) is 5.92 Å². The van der Waals surface area contributed by atoms with E-state index in [9.17, 15) is 4.79 Å². The molecule has 0 bridgehead atoms. The minimum Gasteiger partial charge on any atom is -0.335 e. The van der Waals surface area contributed by atoms with Crippen molar-refractivity contribution in [3.05, 3.63) is 22.7 Å². The van der Waals surface area contributed by atoms with Crippen LogP contribution in [0, 0.1) is 12.8 Å². The van der Waals surface area contributed by atoms with E-state index in [1.54, 1.807) is 6.92 Å². The van der Waals surface area contributed by atoms with E-state index in [0.717, 1.165) is 6.54 Å². The lowest BCUT2D eigenvalue weighted by molar-refractivity contribution is 0.0775. The van der Waals surface area contributed by atoms with Crippen molar-refractivity contribution in [3.63, 3.8) is 0 Å². The van der Waals surface area contributed by atoms with Crippen LogP contribution in [0.15, 0.2) is 6.20 Å². The fraction of sp³-hybridized carbons (Fsp3) is 0.615. The van der Waals surface area contributed by atoms with Gasteiger partial charge < -0.3 is 9.80 Å². The summed E-state index contributed by atoms with van der Waals surface area (Å²) in [6.07, 6.45) is 1.49. The molecule has 2 rings (SSSR count). The van der Waals surface area contributed by atoms with E-state index >= 15 is 0 Å². The highest BCUT2D eigenvalue weighted by Gasteiger charge is 2.35. The second kappa shape index (κ2) is 5.43. The summed E-state index contributed by atoms with van der Waals surface area (Å²) in [6.45, 7) is 5.36. The van der Waals surface area contributed by atoms with Crippen LogP contribution in [0.2, 0.25) is 5.02 Å². The Labute approximate surface area is 118 Å². The monoisotopic (exact) mass is 282 g/mol. The molecule has 0 aromatic carbocycles. The number of halogens is 1. The van der Waals surface area contributed by atoms with Crippen LogP contribution in [-0.4, -0.2) is 58.9 Å². The first kappa shape index (κ1) is 14.2. The van der Waals surface area contributed by atoms with Crippen molar-refractivity contribution in [3.8, 4) is 0 Å². The second-order valence-corrected chi connectivity index (χ2v) is 5.74. The molecule has 1 aliphatic rings. The molecule has 0 spiro atoms. The number of rotatable bonds is 2. The van der Waals surface area contributed by atoms with Gasteiger partial charge in [-0.25, -0.2) is 9.97 Å². The van der Waals surface area contributed by atoms with Crippen LogP contribution in [0.5, 0.6) is 0 Å². The van der Waals surface area contributed by atoms with E-state index in [2.05, 4.69) is 21.8 Å². The van der Waals surface area contributed by atoms with Crippen LogP contribution in [0.4, 0.5) is 0 Å². The van der Waals surface area contributed by atoms with Gasteiger partial charge in [0.2, 0.25) is 0 Å². The zero-order valence-electron chi connectivity index (χ0n) is 11.7. The lowest BCUT2D eigenvalue weighted by atomic mass is 10.1. The minimum absolute atomic E-state index is 0.105. The summed E-state index contributed by atoms with van der Waals surface area (Å²) in [4.78, 5) is 24.6. The maximum Gasteiger partial charge on any atom is 0.274 e. The molecule has 2 heterocycles. The predicted molar refractivity (Wildman–Crippen MR) is 74.3 cm³/mol. The third-order valence-electron chi connectivity index (χ3n) is 3.59. The molecule has 104 valence electrons. The van der Waals surface area contributed by atoms with Crippen LogP contribution >= 0.6 is 11.6 Å². The normalized spacial score (nSPS) is 23.2. The number of likely N-dealkylation sites (tertiary alicyclic amines) is 1. The molecule has 0 saturated carbocycles. The largest absolute Gasteiger partial charge is 0.335 e. The molecule has 6 heteroatoms. The lowest BCUT2D eigenvalue weighted by Crippen LogP contribution is -2.36. The SMILES string of the molecule is Cc1ncc(Cl)c(C(=O)N2C[C@@H](C)[C@H](N(C)C)C2)n1. The summed E-state index contributed by atoms with van der Waals surface area (Å²) in [6, 6.07) is 0.380. The highest BCUT2D eigenvalue weighted by molar-refractivity contribution is 6.33. The number of hydrogen-bond donors (Lipinski definition) is 0. The van der Waals surface area contributed by atoms with Gasteiger partial charge in [-0.2, -0.15) is 0 Å². The van der Waals surface area contributed by atoms with Crippen molar-refractivity contribution in [1.29, 1.82) is 0 Å². The first-order valence-corrected chi connectivity index (χ1v) is 6.72. The van der Waals surface area contributed by atoms with Gasteiger partial charge in [0.1, 0.15) is 5.82 Å². The van der Waals surface area contributed by atoms with Crippen molar-refractivity contribution in [2.45, 2.75) is 19.9 Å². The molecule has 0 aliphatic carbocycles. The zero-order valence-corrected chi connectivity index (χ0v) is 12.5. The van der Waals surface area contributed by atoms with Gasteiger partial charge in [-0.15, -0.1) is 0 Å². The smallest absolute Gasteiger partial charge is 0.274 e. The molecule has 0 N–H and O–H groups in total. The Kier molecular flexibility index (Phi) is 4.06. The molecule has 0 unspecified atom stereocenters. The second-order valence-electron chi connectivity index (χ2n) is 5.33. The van der Waals surface area contributed by atoms with Crippen LogP contribution in [-0.2, 0) is 0 Å². The van der Waals surface area contributed by atoms with Crippen LogP contribution < -0.4 is 0 Å². The Bertz CT molecular complexity index is 492. The Balaban J connectivity index is 2.19. The molecule has 1 aliphatic heterocycles. The van der Waals surface area contributed by atoms with Gasteiger partial charge in [0.25, 0.3) is 5.91 Å². The standard InChI is InChI=1S/C13H19ClN4O/c1-8-6-18(7-11(8)17(3)4)13(19)12-10(14)5-15-9(2)16-12/h5,8,11H,6-7H2,1-4H3/t8-,11-/m1/s1. The van der Waals surface area contributed by atoms with E-state index in [-0.39, 0.29) is 5.91 Å². The number of carbonyl (C=O) groups excluding carboxylic acids is 1. The molecular formula is C13H19ClN4O. The maximum absolute atomic E-state index is 12.5. The Morgan fingerprint density at radius 2 is 2.16 bits per heavy atom. The van der Waals surface area contributed by atoms with E-state index in [4.69, 9.17) is 11.6 Å². The molecule has 1 fully saturated rings. The molecule has 1 amide bonds. The average molecular weight is 283 g/mol. The lowest BCUT2D eigenvalue weighted by Gasteiger charge is -2.22. The number of hydrogen-bond acceptors (Lipinski definition) is 4. The number of aryl methyl sites for hydroxylation is 1. The van der Waals surface area contributed by atoms with Crippen molar-refractivity contribution in [1.82, 2.24) is 19.8 Å². The van der Waals surface area contributed by atoms with Gasteiger partial charge in [0.15, 0.2) is 5.69 Å². The summed E-state index contributed by atoms with van der Waals surface area (Å²) < 4.78 is 0. The van der Waals surface area contributed by atoms with E-state index in [1.807, 2.05) is 19.0 Å². The molecule has 1 aromatic heterocycles. The molecule has 2 atom stereocenters. The van der Waals surface area contributed by atoms with E-state index < -0.39 is 0 Å². The van der Waals surface area contributed by atoms with Crippen LogP contribution in [0.25, 0.3) is 0 Å². The fourth-order valence-electron chi connectivity index (χ4n) is 2.54. The zero-order chi connectivity index (χ0) is 14.2. The molecule has 0 radical (unpaired) electrons. The molecule has 1 saturated heterocycles. The quantitative estimate of drug-likeness (QED) is 0.824. The number of aromatic nitrogens is 2. The summed E-state index contributed by atoms with van der Waals surface area (Å²) >= 11 is 6.02. The number of amides is 1. The Hall–Kier alpha value is -1.20. The Morgan fingerprint density at radius 1 is 1.47 bits per heavy atom. The van der Waals surface area contributed by atoms with Gasteiger partial charge in [-0.05, 0) is 26.9 Å². The van der Waals surface area contributed by atoms with Crippen molar-refractivity contribution >= 4 is 17.5 Å². The first-order chi connectivity index (χ1) is 8.90. The average Bonchev–Trinajstić information content (AvgIpc) is 2.74. The van der Waals surface area contributed by atoms with E-state index in [1.165, 1.54) is 6.20 Å². The van der Waals surface area contributed by atoms with Crippen molar-refractivity contribution < 1.29 is 4.79 Å². The van der Waals surface area contributed by atoms with Gasteiger partial charge in [-0.1, -0.05) is 18.5 Å². The Morgan fingerprint density at radius 3 is 2.74 bits per heavy atom. The first-order valence-electron chi connectivity index (χ1n) is 6.35. The van der Waals surface area contributed by atoms with Crippen LogP contribution in [0.3, 0.4) is 0 Å². The van der Waals surface area contributed by atoms with Gasteiger partial charge in [0, 0.05) is 19.1 Å². The third kappa shape index (κ3) is 2.87. The molecule has 1 aromatic rings. The topological polar surface area (TPSA) is 49.3 Å². The number of carbonyl (C=O) groups is 1. The number of nitrogens with zero attached hydrogens (tertiary/aromatic N) is 4. The highest BCUT2D eigenvalue weighted by Crippen LogP contribution is 2.23. The van der Waals surface area contributed by atoms with Crippen LogP contribution in [0.1, 0.15) is 23.2 Å². The number of likely N-dealkylation sites (N-methyl/N-ethyl adjacent to an activating group) is 1. The van der Waals surface area contributed by atoms with Gasteiger partial charge in [0.05, 0.1) is 11.2 Å². The summed E-state index contributed by atoms with van der Waals surface area (Å²) in [5.41, 5.74) is 0.306. The van der Waals surface area contributed by atoms with Gasteiger partial charge in [-0.3, -0.25) is 4.79 Å². The highest BCUT2D eigenvalue weighted by atomic mass is 35.5. The third-order valence-corrected chi connectivity index (χ3v) is 3.87.